The van der Waals surface area contributed by atoms with Gasteiger partial charge < -0.3 is 9.64 Å². The van der Waals surface area contributed by atoms with Crippen molar-refractivity contribution in [3.8, 4) is 5.75 Å². The van der Waals surface area contributed by atoms with Crippen molar-refractivity contribution in [3.63, 3.8) is 0 Å². The number of carbonyl (C=O) groups excluding carboxylic acids is 1. The van der Waals surface area contributed by atoms with Gasteiger partial charge in [-0.1, -0.05) is 6.07 Å². The first kappa shape index (κ1) is 13.4. The minimum absolute atomic E-state index is 0.187. The second-order valence-electron chi connectivity index (χ2n) is 6.09. The van der Waals surface area contributed by atoms with Crippen LogP contribution in [0.25, 0.3) is 0 Å². The van der Waals surface area contributed by atoms with E-state index >= 15 is 0 Å². The molecule has 0 bridgehead atoms. The van der Waals surface area contributed by atoms with Gasteiger partial charge in [-0.2, -0.15) is 0 Å². The topological polar surface area (TPSA) is 29.5 Å². The fourth-order valence-corrected chi connectivity index (χ4v) is 3.39. The van der Waals surface area contributed by atoms with Crippen LogP contribution in [0.1, 0.15) is 24.8 Å². The summed E-state index contributed by atoms with van der Waals surface area (Å²) in [6, 6.07) is 4.85. The number of nitrogens with zero attached hydrogens (tertiary/aromatic N) is 1. The highest BCUT2D eigenvalue weighted by Gasteiger charge is 2.48. The largest absolute Gasteiger partial charge is 0.494 e. The molecular weight excluding hydrogens is 257 g/mol. The number of ether oxygens (including phenoxy) is 1. The molecule has 2 aliphatic carbocycles. The van der Waals surface area contributed by atoms with E-state index in [2.05, 4.69) is 0 Å². The van der Waals surface area contributed by atoms with Gasteiger partial charge in [0, 0.05) is 19.5 Å². The minimum atomic E-state index is -0.382. The molecule has 1 aromatic rings. The maximum atomic E-state index is 13.6. The molecule has 4 heteroatoms. The van der Waals surface area contributed by atoms with Crippen molar-refractivity contribution in [1.82, 2.24) is 4.90 Å². The van der Waals surface area contributed by atoms with Crippen LogP contribution in [0.5, 0.6) is 5.75 Å². The molecule has 108 valence electrons. The first-order valence-corrected chi connectivity index (χ1v) is 7.16. The number of hydrogen-bond acceptors (Lipinski definition) is 2. The molecule has 2 atom stereocenters. The molecule has 2 unspecified atom stereocenters. The molecular formula is C16H20FNO2. The Kier molecular flexibility index (Phi) is 3.40. The molecule has 0 aromatic heterocycles. The smallest absolute Gasteiger partial charge is 0.225 e. The summed E-state index contributed by atoms with van der Waals surface area (Å²) in [4.78, 5) is 14.1. The van der Waals surface area contributed by atoms with Gasteiger partial charge >= 0.3 is 0 Å². The molecule has 0 N–H and O–H groups in total. The Morgan fingerprint density at radius 2 is 2.05 bits per heavy atom. The highest BCUT2D eigenvalue weighted by atomic mass is 19.1. The van der Waals surface area contributed by atoms with Gasteiger partial charge in [0.25, 0.3) is 0 Å². The molecule has 1 amide bonds. The fraction of sp³-hybridized carbons (Fsp3) is 0.562. The molecule has 0 aliphatic heterocycles. The van der Waals surface area contributed by atoms with Crippen molar-refractivity contribution in [2.24, 2.45) is 17.8 Å². The maximum absolute atomic E-state index is 13.6. The van der Waals surface area contributed by atoms with Gasteiger partial charge in [-0.25, -0.2) is 4.39 Å². The summed E-state index contributed by atoms with van der Waals surface area (Å²) < 4.78 is 18.5. The monoisotopic (exact) mass is 277 g/mol. The van der Waals surface area contributed by atoms with Crippen LogP contribution in [-0.2, 0) is 11.3 Å². The summed E-state index contributed by atoms with van der Waals surface area (Å²) in [7, 11) is 3.24. The predicted octanol–water partition coefficient (Wildman–Crippen LogP) is 2.84. The van der Waals surface area contributed by atoms with E-state index in [1.54, 1.807) is 24.1 Å². The fourth-order valence-electron chi connectivity index (χ4n) is 3.39. The Hall–Kier alpha value is -1.58. The van der Waals surface area contributed by atoms with Crippen LogP contribution in [0.15, 0.2) is 18.2 Å². The summed E-state index contributed by atoms with van der Waals surface area (Å²) in [5, 5.41) is 0. The van der Waals surface area contributed by atoms with Crippen LogP contribution in [0.4, 0.5) is 4.39 Å². The normalized spacial score (nSPS) is 27.1. The van der Waals surface area contributed by atoms with Crippen molar-refractivity contribution in [2.45, 2.75) is 25.8 Å². The van der Waals surface area contributed by atoms with Crippen molar-refractivity contribution in [2.75, 3.05) is 14.2 Å². The quantitative estimate of drug-likeness (QED) is 0.847. The molecule has 3 rings (SSSR count). The second-order valence-corrected chi connectivity index (χ2v) is 6.09. The molecule has 0 radical (unpaired) electrons. The van der Waals surface area contributed by atoms with Gasteiger partial charge in [0.1, 0.15) is 0 Å². The average Bonchev–Trinajstić information content (AvgIpc) is 3.04. The van der Waals surface area contributed by atoms with E-state index in [0.29, 0.717) is 6.54 Å². The third-order valence-corrected chi connectivity index (χ3v) is 4.60. The van der Waals surface area contributed by atoms with Crippen LogP contribution in [0.2, 0.25) is 0 Å². The number of methoxy groups -OCH3 is 1. The first-order valence-electron chi connectivity index (χ1n) is 7.16. The summed E-state index contributed by atoms with van der Waals surface area (Å²) in [5.74, 6) is 1.85. The number of amides is 1. The molecule has 3 nitrogen and oxygen atoms in total. The zero-order chi connectivity index (χ0) is 14.3. The van der Waals surface area contributed by atoms with Crippen molar-refractivity contribution >= 4 is 5.91 Å². The summed E-state index contributed by atoms with van der Waals surface area (Å²) in [5.41, 5.74) is 0.794. The van der Waals surface area contributed by atoms with Crippen LogP contribution in [0.3, 0.4) is 0 Å². The van der Waals surface area contributed by atoms with Crippen LogP contribution in [0, 0.1) is 23.6 Å². The molecule has 2 fully saturated rings. The third kappa shape index (κ3) is 2.51. The number of fused-ring (bicyclic) bond motifs is 1. The van der Waals surface area contributed by atoms with Gasteiger partial charge in [-0.05, 0) is 48.8 Å². The van der Waals surface area contributed by atoms with Gasteiger partial charge in [-0.15, -0.1) is 0 Å². The van der Waals surface area contributed by atoms with Crippen LogP contribution < -0.4 is 4.74 Å². The number of hydrogen-bond donors (Lipinski definition) is 0. The van der Waals surface area contributed by atoms with Gasteiger partial charge in [0.15, 0.2) is 11.6 Å². The Balaban J connectivity index is 1.61. The Morgan fingerprint density at radius 1 is 1.35 bits per heavy atom. The van der Waals surface area contributed by atoms with Gasteiger partial charge in [0.2, 0.25) is 5.91 Å². The zero-order valence-corrected chi connectivity index (χ0v) is 11.9. The predicted molar refractivity (Wildman–Crippen MR) is 73.7 cm³/mol. The van der Waals surface area contributed by atoms with Crippen LogP contribution >= 0.6 is 0 Å². The van der Waals surface area contributed by atoms with E-state index < -0.39 is 0 Å². The molecule has 0 heterocycles. The molecule has 1 aromatic carbocycles. The lowest BCUT2D eigenvalue weighted by atomic mass is 10.0. The molecule has 0 spiro atoms. The number of benzene rings is 1. The molecule has 2 saturated carbocycles. The van der Waals surface area contributed by atoms with E-state index in [9.17, 15) is 9.18 Å². The van der Waals surface area contributed by atoms with E-state index in [0.717, 1.165) is 30.2 Å². The van der Waals surface area contributed by atoms with Crippen molar-refractivity contribution in [3.05, 3.63) is 29.6 Å². The lowest BCUT2D eigenvalue weighted by Crippen LogP contribution is -2.32. The van der Waals surface area contributed by atoms with E-state index in [1.807, 2.05) is 0 Å². The first-order chi connectivity index (χ1) is 9.58. The Labute approximate surface area is 118 Å². The standard InChI is InChI=1S/C16H20FNO2/c1-18(16(19)13-7-11-6-12(11)8-13)9-10-3-4-15(20-2)14(17)5-10/h3-5,11-13H,6-9H2,1-2H3. The average molecular weight is 277 g/mol. The summed E-state index contributed by atoms with van der Waals surface area (Å²) in [6.45, 7) is 0.450. The SMILES string of the molecule is COc1ccc(CN(C)C(=O)C2CC3CC3C2)cc1F. The maximum Gasteiger partial charge on any atom is 0.225 e. The summed E-state index contributed by atoms with van der Waals surface area (Å²) >= 11 is 0. The number of carbonyl (C=O) groups is 1. The van der Waals surface area contributed by atoms with Crippen molar-refractivity contribution in [1.29, 1.82) is 0 Å². The summed E-state index contributed by atoms with van der Waals surface area (Å²) in [6.07, 6.45) is 3.41. The number of halogens is 1. The van der Waals surface area contributed by atoms with Gasteiger partial charge in [-0.3, -0.25) is 4.79 Å². The van der Waals surface area contributed by atoms with Crippen LogP contribution in [-0.4, -0.2) is 25.0 Å². The van der Waals surface area contributed by atoms with E-state index in [4.69, 9.17) is 4.74 Å². The van der Waals surface area contributed by atoms with E-state index in [-0.39, 0.29) is 23.4 Å². The minimum Gasteiger partial charge on any atom is -0.494 e. The molecule has 2 aliphatic rings. The lowest BCUT2D eigenvalue weighted by molar-refractivity contribution is -0.134. The Morgan fingerprint density at radius 3 is 2.65 bits per heavy atom. The lowest BCUT2D eigenvalue weighted by Gasteiger charge is -2.22. The highest BCUT2D eigenvalue weighted by molar-refractivity contribution is 5.79. The number of rotatable bonds is 4. The van der Waals surface area contributed by atoms with E-state index in [1.165, 1.54) is 19.6 Å². The molecule has 0 saturated heterocycles. The molecule has 20 heavy (non-hydrogen) atoms. The second kappa shape index (κ2) is 5.08. The highest BCUT2D eigenvalue weighted by Crippen LogP contribution is 2.54. The zero-order valence-electron chi connectivity index (χ0n) is 11.9. The Bertz CT molecular complexity index is 521. The van der Waals surface area contributed by atoms with Gasteiger partial charge in [0.05, 0.1) is 7.11 Å². The third-order valence-electron chi connectivity index (χ3n) is 4.60. The van der Waals surface area contributed by atoms with Crippen molar-refractivity contribution < 1.29 is 13.9 Å².